The summed E-state index contributed by atoms with van der Waals surface area (Å²) in [5.74, 6) is 0.285. The highest BCUT2D eigenvalue weighted by atomic mass is 32.1. The number of nitrogen functional groups attached to an aromatic ring is 1. The summed E-state index contributed by atoms with van der Waals surface area (Å²) in [5.41, 5.74) is 6.54. The van der Waals surface area contributed by atoms with Gasteiger partial charge in [-0.25, -0.2) is 9.37 Å². The molecule has 0 saturated heterocycles. The lowest BCUT2D eigenvalue weighted by Gasteiger charge is -2.04. The van der Waals surface area contributed by atoms with Crippen LogP contribution in [0.1, 0.15) is 0 Å². The fraction of sp³-hybridized carbons (Fsp3) is 0. The summed E-state index contributed by atoms with van der Waals surface area (Å²) in [6, 6.07) is 10.6. The zero-order valence-corrected chi connectivity index (χ0v) is 9.67. The van der Waals surface area contributed by atoms with Gasteiger partial charge in [-0.2, -0.15) is 0 Å². The molecule has 0 bridgehead atoms. The van der Waals surface area contributed by atoms with Crippen molar-refractivity contribution in [3.05, 3.63) is 47.6 Å². The predicted molar refractivity (Wildman–Crippen MR) is 69.4 cm³/mol. The van der Waals surface area contributed by atoms with Crippen molar-refractivity contribution < 1.29 is 4.39 Å². The number of thiazole rings is 1. The van der Waals surface area contributed by atoms with Gasteiger partial charge in [-0.15, -0.1) is 11.3 Å². The lowest BCUT2D eigenvalue weighted by Crippen LogP contribution is -1.86. The molecule has 84 valence electrons. The molecule has 0 spiro atoms. The van der Waals surface area contributed by atoms with E-state index in [0.717, 1.165) is 16.0 Å². The van der Waals surface area contributed by atoms with E-state index in [0.29, 0.717) is 11.2 Å². The number of benzene rings is 2. The third-order valence-corrected chi connectivity index (χ3v) is 3.52. The van der Waals surface area contributed by atoms with E-state index in [-0.39, 0.29) is 5.82 Å². The van der Waals surface area contributed by atoms with E-state index in [9.17, 15) is 4.39 Å². The second-order valence-corrected chi connectivity index (χ2v) is 4.58. The van der Waals surface area contributed by atoms with E-state index in [1.165, 1.54) is 17.4 Å². The smallest absolute Gasteiger partial charge is 0.135 e. The first-order valence-corrected chi connectivity index (χ1v) is 6.02. The lowest BCUT2D eigenvalue weighted by atomic mass is 10.0. The van der Waals surface area contributed by atoms with E-state index < -0.39 is 0 Å². The minimum atomic E-state index is -0.214. The molecule has 2 aromatic carbocycles. The highest BCUT2D eigenvalue weighted by Gasteiger charge is 2.09. The fourth-order valence-electron chi connectivity index (χ4n) is 1.86. The van der Waals surface area contributed by atoms with Gasteiger partial charge in [0, 0.05) is 16.3 Å². The zero-order chi connectivity index (χ0) is 11.8. The van der Waals surface area contributed by atoms with Crippen LogP contribution < -0.4 is 5.73 Å². The van der Waals surface area contributed by atoms with Crippen molar-refractivity contribution in [2.24, 2.45) is 0 Å². The first kappa shape index (κ1) is 10.2. The van der Waals surface area contributed by atoms with E-state index in [1.54, 1.807) is 17.5 Å². The maximum Gasteiger partial charge on any atom is 0.135 e. The Labute approximate surface area is 102 Å². The molecule has 4 heteroatoms. The van der Waals surface area contributed by atoms with Gasteiger partial charge in [0.25, 0.3) is 0 Å². The Bertz CT molecular complexity index is 691. The summed E-state index contributed by atoms with van der Waals surface area (Å²) >= 11 is 1.46. The minimum Gasteiger partial charge on any atom is -0.383 e. The van der Waals surface area contributed by atoms with Crippen molar-refractivity contribution in [3.8, 4) is 10.6 Å². The Morgan fingerprint density at radius 1 is 1.06 bits per heavy atom. The monoisotopic (exact) mass is 244 g/mol. The molecule has 0 aliphatic heterocycles. The average Bonchev–Trinajstić information content (AvgIpc) is 2.77. The molecular formula is C13H9FN2S. The Hall–Kier alpha value is -1.94. The van der Waals surface area contributed by atoms with Gasteiger partial charge in [-0.05, 0) is 17.5 Å². The summed E-state index contributed by atoms with van der Waals surface area (Å²) in [6.07, 6.45) is 0. The second kappa shape index (κ2) is 3.82. The molecule has 0 aliphatic carbocycles. The van der Waals surface area contributed by atoms with Gasteiger partial charge in [0.05, 0.1) is 0 Å². The summed E-state index contributed by atoms with van der Waals surface area (Å²) in [7, 11) is 0. The van der Waals surface area contributed by atoms with E-state index in [4.69, 9.17) is 5.73 Å². The van der Waals surface area contributed by atoms with Gasteiger partial charge in [0.15, 0.2) is 0 Å². The Kier molecular flexibility index (Phi) is 2.30. The van der Waals surface area contributed by atoms with Crippen LogP contribution in [0.5, 0.6) is 0 Å². The van der Waals surface area contributed by atoms with Gasteiger partial charge in [-0.1, -0.05) is 24.3 Å². The molecule has 0 amide bonds. The average molecular weight is 244 g/mol. The molecule has 0 atom stereocenters. The van der Waals surface area contributed by atoms with E-state index >= 15 is 0 Å². The number of nitrogens with zero attached hydrogens (tertiary/aromatic N) is 1. The van der Waals surface area contributed by atoms with Crippen molar-refractivity contribution in [2.75, 3.05) is 5.73 Å². The first-order chi connectivity index (χ1) is 8.25. The van der Waals surface area contributed by atoms with Crippen LogP contribution in [0.15, 0.2) is 41.8 Å². The largest absolute Gasteiger partial charge is 0.383 e. The van der Waals surface area contributed by atoms with Crippen molar-refractivity contribution in [3.63, 3.8) is 0 Å². The maximum atomic E-state index is 13.6. The van der Waals surface area contributed by atoms with Crippen molar-refractivity contribution >= 4 is 27.9 Å². The fourth-order valence-corrected chi connectivity index (χ4v) is 2.61. The molecule has 0 saturated carbocycles. The molecule has 0 fully saturated rings. The summed E-state index contributed by atoms with van der Waals surface area (Å²) in [5, 5.41) is 4.08. The summed E-state index contributed by atoms with van der Waals surface area (Å²) in [6.45, 7) is 0. The quantitative estimate of drug-likeness (QED) is 0.709. The Morgan fingerprint density at radius 3 is 2.53 bits per heavy atom. The molecule has 2 nitrogen and oxygen atoms in total. The number of hydrogen-bond acceptors (Lipinski definition) is 3. The van der Waals surface area contributed by atoms with Crippen LogP contribution in [0.25, 0.3) is 21.3 Å². The van der Waals surface area contributed by atoms with Gasteiger partial charge in [0.1, 0.15) is 16.6 Å². The Balaban J connectivity index is 2.34. The minimum absolute atomic E-state index is 0.214. The highest BCUT2D eigenvalue weighted by Crippen LogP contribution is 2.32. The third-order valence-electron chi connectivity index (χ3n) is 2.62. The Morgan fingerprint density at radius 2 is 1.82 bits per heavy atom. The first-order valence-electron chi connectivity index (χ1n) is 5.14. The molecule has 1 heterocycles. The van der Waals surface area contributed by atoms with Gasteiger partial charge >= 0.3 is 0 Å². The number of fused-ring (bicyclic) bond motifs is 1. The van der Waals surface area contributed by atoms with Crippen molar-refractivity contribution in [1.82, 2.24) is 4.98 Å². The molecule has 3 rings (SSSR count). The maximum absolute atomic E-state index is 13.6. The molecule has 3 aromatic rings. The van der Waals surface area contributed by atoms with Crippen LogP contribution >= 0.6 is 11.3 Å². The molecule has 0 aliphatic rings. The standard InChI is InChI=1S/C13H9FN2S/c14-11-6-5-10(13-16-12(15)7-17-13)8-3-1-2-4-9(8)11/h1-7H,15H2. The van der Waals surface area contributed by atoms with Gasteiger partial charge in [-0.3, -0.25) is 0 Å². The number of halogens is 1. The van der Waals surface area contributed by atoms with Crippen LogP contribution in [-0.4, -0.2) is 4.98 Å². The highest BCUT2D eigenvalue weighted by molar-refractivity contribution is 7.13. The van der Waals surface area contributed by atoms with E-state index in [2.05, 4.69) is 4.98 Å². The lowest BCUT2D eigenvalue weighted by molar-refractivity contribution is 0.640. The molecule has 2 N–H and O–H groups in total. The van der Waals surface area contributed by atoms with Gasteiger partial charge in [0.2, 0.25) is 0 Å². The predicted octanol–water partition coefficient (Wildman–Crippen LogP) is 3.68. The molecule has 0 radical (unpaired) electrons. The van der Waals surface area contributed by atoms with Crippen LogP contribution in [0.3, 0.4) is 0 Å². The van der Waals surface area contributed by atoms with Gasteiger partial charge < -0.3 is 5.73 Å². The van der Waals surface area contributed by atoms with Crippen LogP contribution in [-0.2, 0) is 0 Å². The second-order valence-electron chi connectivity index (χ2n) is 3.72. The third kappa shape index (κ3) is 1.66. The molecule has 17 heavy (non-hydrogen) atoms. The zero-order valence-electron chi connectivity index (χ0n) is 8.85. The molecule has 1 aromatic heterocycles. The normalized spacial score (nSPS) is 10.9. The molecule has 0 unspecified atom stereocenters. The number of rotatable bonds is 1. The van der Waals surface area contributed by atoms with Crippen molar-refractivity contribution in [2.45, 2.75) is 0 Å². The van der Waals surface area contributed by atoms with Crippen LogP contribution in [0.2, 0.25) is 0 Å². The summed E-state index contributed by atoms with van der Waals surface area (Å²) in [4.78, 5) is 4.23. The van der Waals surface area contributed by atoms with Crippen molar-refractivity contribution in [1.29, 1.82) is 0 Å². The van der Waals surface area contributed by atoms with E-state index in [1.807, 2.05) is 18.2 Å². The SMILES string of the molecule is Nc1csc(-c2ccc(F)c3ccccc23)n1. The van der Waals surface area contributed by atoms with Crippen LogP contribution in [0, 0.1) is 5.82 Å². The number of anilines is 1. The number of nitrogens with two attached hydrogens (primary N) is 1. The topological polar surface area (TPSA) is 38.9 Å². The van der Waals surface area contributed by atoms with Crippen LogP contribution in [0.4, 0.5) is 10.2 Å². The molecular weight excluding hydrogens is 235 g/mol. The number of aromatic nitrogens is 1. The summed E-state index contributed by atoms with van der Waals surface area (Å²) < 4.78 is 13.6. The number of hydrogen-bond donors (Lipinski definition) is 1.